The van der Waals surface area contributed by atoms with Gasteiger partial charge in [0.05, 0.1) is 0 Å². The zero-order chi connectivity index (χ0) is 13.7. The van der Waals surface area contributed by atoms with Crippen molar-refractivity contribution in [3.8, 4) is 0 Å². The second-order valence-corrected chi connectivity index (χ2v) is 7.09. The van der Waals surface area contributed by atoms with E-state index in [0.29, 0.717) is 5.92 Å². The van der Waals surface area contributed by atoms with Gasteiger partial charge in [-0.2, -0.15) is 4.37 Å². The fourth-order valence-electron chi connectivity index (χ4n) is 1.57. The second-order valence-electron chi connectivity index (χ2n) is 4.59. The molecular weight excluding hydrogens is 298 g/mol. The molecule has 0 unspecified atom stereocenters. The largest absolute Gasteiger partial charge is 0.312 e. The van der Waals surface area contributed by atoms with E-state index in [-0.39, 0.29) is 0 Å². The number of halogens is 1. The third-order valence-corrected chi connectivity index (χ3v) is 4.49. The molecule has 0 fully saturated rings. The van der Waals surface area contributed by atoms with Gasteiger partial charge < -0.3 is 5.32 Å². The first-order valence-corrected chi connectivity index (χ1v) is 8.05. The molecule has 0 radical (unpaired) electrons. The van der Waals surface area contributed by atoms with E-state index in [4.69, 9.17) is 11.6 Å². The molecule has 1 N–H and O–H groups in total. The lowest BCUT2D eigenvalue weighted by atomic mass is 10.2. The maximum Gasteiger partial charge on any atom is 0.174 e. The average molecular weight is 314 g/mol. The first-order valence-electron chi connectivity index (χ1n) is 6.09. The SMILES string of the molecule is CC(C)CNCc1ccc(Cl)cc1Sc1ncns1. The van der Waals surface area contributed by atoms with Crippen LogP contribution < -0.4 is 5.32 Å². The normalized spacial score (nSPS) is 11.2. The molecule has 2 rings (SSSR count). The van der Waals surface area contributed by atoms with Crippen molar-refractivity contribution in [2.75, 3.05) is 6.54 Å². The lowest BCUT2D eigenvalue weighted by Gasteiger charge is -2.11. The van der Waals surface area contributed by atoms with Crippen molar-refractivity contribution in [3.05, 3.63) is 35.1 Å². The Labute approximate surface area is 127 Å². The van der Waals surface area contributed by atoms with Gasteiger partial charge in [0.2, 0.25) is 0 Å². The molecule has 0 saturated carbocycles. The smallest absolute Gasteiger partial charge is 0.174 e. The van der Waals surface area contributed by atoms with Crippen LogP contribution in [0.4, 0.5) is 0 Å². The van der Waals surface area contributed by atoms with E-state index in [1.165, 1.54) is 17.1 Å². The van der Waals surface area contributed by atoms with Gasteiger partial charge >= 0.3 is 0 Å². The Morgan fingerprint density at radius 3 is 2.95 bits per heavy atom. The molecule has 3 nitrogen and oxygen atoms in total. The van der Waals surface area contributed by atoms with Crippen molar-refractivity contribution in [1.29, 1.82) is 0 Å². The topological polar surface area (TPSA) is 37.8 Å². The van der Waals surface area contributed by atoms with Gasteiger partial charge in [-0.05, 0) is 41.7 Å². The first kappa shape index (κ1) is 14.8. The van der Waals surface area contributed by atoms with Crippen LogP contribution in [0, 0.1) is 5.92 Å². The summed E-state index contributed by atoms with van der Waals surface area (Å²) in [6.07, 6.45) is 1.58. The highest BCUT2D eigenvalue weighted by atomic mass is 35.5. The molecule has 0 aliphatic heterocycles. The van der Waals surface area contributed by atoms with Crippen LogP contribution in [0.25, 0.3) is 0 Å². The molecule has 0 amide bonds. The molecule has 1 aromatic carbocycles. The minimum atomic E-state index is 0.645. The van der Waals surface area contributed by atoms with E-state index < -0.39 is 0 Å². The van der Waals surface area contributed by atoms with Crippen LogP contribution in [-0.2, 0) is 6.54 Å². The molecule has 0 atom stereocenters. The minimum Gasteiger partial charge on any atom is -0.312 e. The molecule has 0 bridgehead atoms. The third-order valence-electron chi connectivity index (χ3n) is 2.44. The van der Waals surface area contributed by atoms with Crippen LogP contribution >= 0.6 is 34.9 Å². The maximum absolute atomic E-state index is 6.08. The third kappa shape index (κ3) is 4.76. The summed E-state index contributed by atoms with van der Waals surface area (Å²) in [6.45, 7) is 6.25. The summed E-state index contributed by atoms with van der Waals surface area (Å²) in [5, 5.41) is 4.20. The van der Waals surface area contributed by atoms with Crippen LogP contribution in [0.3, 0.4) is 0 Å². The molecule has 102 valence electrons. The van der Waals surface area contributed by atoms with Gasteiger partial charge in [-0.25, -0.2) is 4.98 Å². The quantitative estimate of drug-likeness (QED) is 0.871. The molecule has 0 saturated heterocycles. The van der Waals surface area contributed by atoms with Crippen molar-refractivity contribution in [2.24, 2.45) is 5.92 Å². The van der Waals surface area contributed by atoms with Gasteiger partial charge in [-0.1, -0.05) is 43.3 Å². The van der Waals surface area contributed by atoms with Gasteiger partial charge in [0.1, 0.15) is 6.33 Å². The van der Waals surface area contributed by atoms with Gasteiger partial charge in [0, 0.05) is 16.5 Å². The summed E-state index contributed by atoms with van der Waals surface area (Å²) in [6, 6.07) is 5.98. The highest BCUT2D eigenvalue weighted by Crippen LogP contribution is 2.32. The lowest BCUT2D eigenvalue weighted by Crippen LogP contribution is -2.19. The Bertz CT molecular complexity index is 515. The Balaban J connectivity index is 2.09. The van der Waals surface area contributed by atoms with Crippen molar-refractivity contribution < 1.29 is 0 Å². The number of rotatable bonds is 6. The fourth-order valence-corrected chi connectivity index (χ4v) is 3.38. The Hall–Kier alpha value is -0.620. The number of hydrogen-bond donors (Lipinski definition) is 1. The molecule has 0 spiro atoms. The van der Waals surface area contributed by atoms with Crippen LogP contribution in [0.15, 0.2) is 33.8 Å². The summed E-state index contributed by atoms with van der Waals surface area (Å²) >= 11 is 9.09. The fraction of sp³-hybridized carbons (Fsp3) is 0.385. The van der Waals surface area contributed by atoms with Gasteiger partial charge in [0.15, 0.2) is 4.34 Å². The minimum absolute atomic E-state index is 0.645. The first-order chi connectivity index (χ1) is 9.15. The van der Waals surface area contributed by atoms with Crippen LogP contribution in [-0.4, -0.2) is 15.9 Å². The summed E-state index contributed by atoms with van der Waals surface area (Å²) in [4.78, 5) is 5.34. The number of nitrogens with one attached hydrogen (secondary N) is 1. The summed E-state index contributed by atoms with van der Waals surface area (Å²) in [5.41, 5.74) is 1.24. The predicted octanol–water partition coefficient (Wildman–Crippen LogP) is 4.09. The van der Waals surface area contributed by atoms with Crippen molar-refractivity contribution in [1.82, 2.24) is 14.7 Å². The Kier molecular flexibility index (Phi) is 5.63. The monoisotopic (exact) mass is 313 g/mol. The molecule has 1 heterocycles. The highest BCUT2D eigenvalue weighted by molar-refractivity contribution is 8.01. The number of hydrogen-bond acceptors (Lipinski definition) is 5. The highest BCUT2D eigenvalue weighted by Gasteiger charge is 2.08. The summed E-state index contributed by atoms with van der Waals surface area (Å²) in [7, 11) is 0. The zero-order valence-electron chi connectivity index (χ0n) is 10.9. The van der Waals surface area contributed by atoms with Crippen LogP contribution in [0.1, 0.15) is 19.4 Å². The van der Waals surface area contributed by atoms with Crippen molar-refractivity contribution in [2.45, 2.75) is 29.6 Å². The van der Waals surface area contributed by atoms with E-state index in [9.17, 15) is 0 Å². The number of benzene rings is 1. The molecule has 0 aliphatic rings. The predicted molar refractivity (Wildman–Crippen MR) is 82.0 cm³/mol. The maximum atomic E-state index is 6.08. The molecule has 1 aromatic heterocycles. The van der Waals surface area contributed by atoms with Crippen LogP contribution in [0.5, 0.6) is 0 Å². The summed E-state index contributed by atoms with van der Waals surface area (Å²) < 4.78 is 4.95. The van der Waals surface area contributed by atoms with E-state index >= 15 is 0 Å². The van der Waals surface area contributed by atoms with Gasteiger partial charge in [0.25, 0.3) is 0 Å². The Morgan fingerprint density at radius 2 is 2.26 bits per heavy atom. The molecule has 2 aromatic rings. The average Bonchev–Trinajstić information content (AvgIpc) is 2.84. The lowest BCUT2D eigenvalue weighted by molar-refractivity contribution is 0.550. The summed E-state index contributed by atoms with van der Waals surface area (Å²) in [5.74, 6) is 0.645. The number of aromatic nitrogens is 2. The van der Waals surface area contributed by atoms with Crippen molar-refractivity contribution >= 4 is 34.9 Å². The molecule has 0 aliphatic carbocycles. The van der Waals surface area contributed by atoms with Gasteiger partial charge in [-0.15, -0.1) is 0 Å². The van der Waals surface area contributed by atoms with E-state index in [0.717, 1.165) is 27.3 Å². The van der Waals surface area contributed by atoms with E-state index in [1.807, 2.05) is 12.1 Å². The molecule has 6 heteroatoms. The van der Waals surface area contributed by atoms with E-state index in [1.54, 1.807) is 18.1 Å². The second kappa shape index (κ2) is 7.24. The van der Waals surface area contributed by atoms with Crippen LogP contribution in [0.2, 0.25) is 5.02 Å². The van der Waals surface area contributed by atoms with E-state index in [2.05, 4.69) is 34.6 Å². The van der Waals surface area contributed by atoms with Gasteiger partial charge in [-0.3, -0.25) is 0 Å². The molecular formula is C13H16ClN3S2. The molecule has 19 heavy (non-hydrogen) atoms. The number of nitrogens with zero attached hydrogens (tertiary/aromatic N) is 2. The zero-order valence-corrected chi connectivity index (χ0v) is 13.3. The Morgan fingerprint density at radius 1 is 1.42 bits per heavy atom. The standard InChI is InChI=1S/C13H16ClN3S2/c1-9(2)6-15-7-10-3-4-11(14)5-12(10)18-13-16-8-17-19-13/h3-5,8-9,15H,6-7H2,1-2H3. The van der Waals surface area contributed by atoms with Crippen molar-refractivity contribution in [3.63, 3.8) is 0 Å².